The van der Waals surface area contributed by atoms with Crippen LogP contribution in [0.3, 0.4) is 0 Å². The molecule has 1 unspecified atom stereocenters. The predicted octanol–water partition coefficient (Wildman–Crippen LogP) is 5.06. The largest absolute Gasteiger partial charge is 0.377 e. The second-order valence-corrected chi connectivity index (χ2v) is 8.19. The monoisotopic (exact) mass is 412 g/mol. The second kappa shape index (κ2) is 9.72. The van der Waals surface area contributed by atoms with Gasteiger partial charge in [-0.05, 0) is 36.4 Å². The number of benzene rings is 1. The van der Waals surface area contributed by atoms with E-state index < -0.39 is 0 Å². The summed E-state index contributed by atoms with van der Waals surface area (Å²) in [5, 5.41) is 5.79. The van der Waals surface area contributed by atoms with E-state index in [9.17, 15) is 4.79 Å². The highest BCUT2D eigenvalue weighted by Gasteiger charge is 2.20. The minimum atomic E-state index is -0.0940. The molecule has 4 nitrogen and oxygen atoms in total. The molecule has 1 aromatic heterocycles. The molecule has 1 N–H and O–H groups in total. The molecule has 2 heterocycles. The van der Waals surface area contributed by atoms with E-state index in [4.69, 9.17) is 27.9 Å². The van der Waals surface area contributed by atoms with Crippen molar-refractivity contribution in [3.8, 4) is 0 Å². The Morgan fingerprint density at radius 1 is 1.27 bits per heavy atom. The second-order valence-electron chi connectivity index (χ2n) is 6.34. The minimum absolute atomic E-state index is 0.0940. The average Bonchev–Trinajstić information content (AvgIpc) is 3.30. The van der Waals surface area contributed by atoms with Crippen molar-refractivity contribution in [2.24, 2.45) is 0 Å². The highest BCUT2D eigenvalue weighted by Crippen LogP contribution is 2.29. The predicted molar refractivity (Wildman–Crippen MR) is 108 cm³/mol. The van der Waals surface area contributed by atoms with Gasteiger partial charge in [0.2, 0.25) is 5.91 Å². The number of carbonyl (C=O) groups excluding carboxylic acids is 1. The first-order chi connectivity index (χ1) is 12.6. The van der Waals surface area contributed by atoms with Crippen LogP contribution >= 0.6 is 34.5 Å². The fourth-order valence-electron chi connectivity index (χ4n) is 3.01. The Morgan fingerprint density at radius 2 is 2.08 bits per heavy atom. The zero-order chi connectivity index (χ0) is 18.4. The summed E-state index contributed by atoms with van der Waals surface area (Å²) in [6, 6.07) is 9.35. The third-order valence-electron chi connectivity index (χ3n) is 4.33. The lowest BCUT2D eigenvalue weighted by atomic mass is 10.2. The van der Waals surface area contributed by atoms with Crippen molar-refractivity contribution in [3.63, 3.8) is 0 Å². The van der Waals surface area contributed by atoms with Crippen LogP contribution in [0.4, 0.5) is 5.69 Å². The Morgan fingerprint density at radius 3 is 2.73 bits per heavy atom. The van der Waals surface area contributed by atoms with E-state index in [1.165, 1.54) is 4.88 Å². The van der Waals surface area contributed by atoms with Gasteiger partial charge in [-0.1, -0.05) is 35.3 Å². The first-order valence-electron chi connectivity index (χ1n) is 8.72. The molecule has 0 spiro atoms. The normalized spacial score (nSPS) is 17.0. The zero-order valence-corrected chi connectivity index (χ0v) is 16.7. The average molecular weight is 413 g/mol. The first kappa shape index (κ1) is 19.6. The Hall–Kier alpha value is -1.11. The fraction of sp³-hybridized carbons (Fsp3) is 0.421. The summed E-state index contributed by atoms with van der Waals surface area (Å²) >= 11 is 14.0. The van der Waals surface area contributed by atoms with Crippen LogP contribution < -0.4 is 5.32 Å². The molecule has 1 aliphatic heterocycles. The van der Waals surface area contributed by atoms with E-state index in [0.29, 0.717) is 28.7 Å². The lowest BCUT2D eigenvalue weighted by Crippen LogP contribution is -2.34. The van der Waals surface area contributed by atoms with Crippen molar-refractivity contribution in [2.45, 2.75) is 31.9 Å². The van der Waals surface area contributed by atoms with Gasteiger partial charge < -0.3 is 10.1 Å². The van der Waals surface area contributed by atoms with Gasteiger partial charge in [-0.15, -0.1) is 11.3 Å². The molecular weight excluding hydrogens is 391 g/mol. The molecule has 0 saturated carbocycles. The van der Waals surface area contributed by atoms with E-state index in [1.807, 2.05) is 0 Å². The number of amides is 1. The number of thiophene rings is 1. The molecule has 0 radical (unpaired) electrons. The number of rotatable bonds is 8. The number of nitrogens with one attached hydrogen (secondary N) is 1. The topological polar surface area (TPSA) is 41.6 Å². The molecule has 0 aliphatic carbocycles. The molecule has 1 fully saturated rings. The van der Waals surface area contributed by atoms with Crippen molar-refractivity contribution in [1.29, 1.82) is 0 Å². The first-order valence-corrected chi connectivity index (χ1v) is 10.4. The summed E-state index contributed by atoms with van der Waals surface area (Å²) in [5.41, 5.74) is 0.477. The van der Waals surface area contributed by atoms with Gasteiger partial charge in [-0.3, -0.25) is 9.69 Å². The van der Waals surface area contributed by atoms with Crippen LogP contribution in [-0.2, 0) is 16.1 Å². The van der Waals surface area contributed by atoms with Gasteiger partial charge in [-0.25, -0.2) is 0 Å². The molecule has 3 rings (SSSR count). The van der Waals surface area contributed by atoms with Gasteiger partial charge in [-0.2, -0.15) is 0 Å². The number of carbonyl (C=O) groups is 1. The van der Waals surface area contributed by atoms with Gasteiger partial charge in [0.25, 0.3) is 0 Å². The lowest BCUT2D eigenvalue weighted by molar-refractivity contribution is -0.116. The SMILES string of the molecule is O=C(CCN(Cc1cccs1)CC1CCCO1)Nc1c(Cl)cccc1Cl. The highest BCUT2D eigenvalue weighted by atomic mass is 35.5. The van der Waals surface area contributed by atoms with E-state index >= 15 is 0 Å². The fourth-order valence-corrected chi connectivity index (χ4v) is 4.25. The van der Waals surface area contributed by atoms with Gasteiger partial charge in [0.15, 0.2) is 0 Å². The van der Waals surface area contributed by atoms with Crippen molar-refractivity contribution in [2.75, 3.05) is 25.0 Å². The number of hydrogen-bond donors (Lipinski definition) is 1. The number of ether oxygens (including phenoxy) is 1. The molecule has 7 heteroatoms. The molecule has 1 saturated heterocycles. The number of para-hydroxylation sites is 1. The van der Waals surface area contributed by atoms with Crippen LogP contribution in [0, 0.1) is 0 Å². The summed E-state index contributed by atoms with van der Waals surface area (Å²) in [7, 11) is 0. The van der Waals surface area contributed by atoms with E-state index in [0.717, 1.165) is 32.5 Å². The molecule has 1 atom stereocenters. The summed E-state index contributed by atoms with van der Waals surface area (Å²) in [6.07, 6.45) is 2.83. The maximum atomic E-state index is 12.4. The van der Waals surface area contributed by atoms with Gasteiger partial charge in [0.05, 0.1) is 21.8 Å². The van der Waals surface area contributed by atoms with Gasteiger partial charge in [0.1, 0.15) is 0 Å². The van der Waals surface area contributed by atoms with Crippen molar-refractivity contribution >= 4 is 46.1 Å². The van der Waals surface area contributed by atoms with Crippen LogP contribution in [0.15, 0.2) is 35.7 Å². The molecule has 1 aromatic carbocycles. The number of hydrogen-bond acceptors (Lipinski definition) is 4. The quantitative estimate of drug-likeness (QED) is 0.658. The molecule has 140 valence electrons. The summed E-state index contributed by atoms with van der Waals surface area (Å²) in [4.78, 5) is 16.0. The smallest absolute Gasteiger partial charge is 0.225 e. The number of halogens is 2. The van der Waals surface area contributed by atoms with Gasteiger partial charge >= 0.3 is 0 Å². The zero-order valence-electron chi connectivity index (χ0n) is 14.4. The molecule has 0 bridgehead atoms. The van der Waals surface area contributed by atoms with Crippen LogP contribution in [0.1, 0.15) is 24.1 Å². The van der Waals surface area contributed by atoms with E-state index in [-0.39, 0.29) is 12.0 Å². The van der Waals surface area contributed by atoms with Crippen molar-refractivity contribution < 1.29 is 9.53 Å². The Balaban J connectivity index is 1.56. The minimum Gasteiger partial charge on any atom is -0.377 e. The van der Waals surface area contributed by atoms with Crippen molar-refractivity contribution in [1.82, 2.24) is 4.90 Å². The maximum Gasteiger partial charge on any atom is 0.225 e. The molecule has 1 amide bonds. The summed E-state index contributed by atoms with van der Waals surface area (Å²) < 4.78 is 5.76. The van der Waals surface area contributed by atoms with E-state index in [2.05, 4.69) is 27.7 Å². The van der Waals surface area contributed by atoms with Crippen LogP contribution in [-0.4, -0.2) is 36.6 Å². The highest BCUT2D eigenvalue weighted by molar-refractivity contribution is 7.09. The summed E-state index contributed by atoms with van der Waals surface area (Å²) in [5.74, 6) is -0.0940. The third kappa shape index (κ3) is 5.69. The Labute approximate surface area is 168 Å². The maximum absolute atomic E-state index is 12.4. The van der Waals surface area contributed by atoms with Crippen LogP contribution in [0.2, 0.25) is 10.0 Å². The van der Waals surface area contributed by atoms with Crippen LogP contribution in [0.5, 0.6) is 0 Å². The standard InChI is InChI=1S/C19H22Cl2N2O2S/c20-16-6-1-7-17(21)19(16)22-18(24)8-9-23(12-14-4-2-10-25-14)13-15-5-3-11-26-15/h1,3,5-7,11,14H,2,4,8-10,12-13H2,(H,22,24). The molecular formula is C19H22Cl2N2O2S. The Kier molecular flexibility index (Phi) is 7.34. The Bertz CT molecular complexity index is 698. The summed E-state index contributed by atoms with van der Waals surface area (Å²) in [6.45, 7) is 3.17. The number of nitrogens with zero attached hydrogens (tertiary/aromatic N) is 1. The lowest BCUT2D eigenvalue weighted by Gasteiger charge is -2.24. The third-order valence-corrected chi connectivity index (χ3v) is 5.82. The van der Waals surface area contributed by atoms with Gasteiger partial charge in [0, 0.05) is 37.5 Å². The van der Waals surface area contributed by atoms with Crippen molar-refractivity contribution in [3.05, 3.63) is 50.6 Å². The number of anilines is 1. The molecule has 26 heavy (non-hydrogen) atoms. The van der Waals surface area contributed by atoms with E-state index in [1.54, 1.807) is 29.5 Å². The molecule has 2 aromatic rings. The van der Waals surface area contributed by atoms with Crippen LogP contribution in [0.25, 0.3) is 0 Å². The molecule has 1 aliphatic rings.